The minimum Gasteiger partial charge on any atom is -0.338 e. The lowest BCUT2D eigenvalue weighted by Crippen LogP contribution is -2.07. The third-order valence-electron chi connectivity index (χ3n) is 5.29. The topological polar surface area (TPSA) is 72.7 Å². The van der Waals surface area contributed by atoms with Gasteiger partial charge >= 0.3 is 0 Å². The van der Waals surface area contributed by atoms with Crippen molar-refractivity contribution in [3.8, 4) is 0 Å². The highest BCUT2D eigenvalue weighted by atomic mass is 31.2. The van der Waals surface area contributed by atoms with Crippen LogP contribution in [-0.2, 0) is 11.1 Å². The molecule has 7 heteroatoms. The normalized spacial score (nSPS) is 15.5. The molecule has 1 aromatic carbocycles. The highest BCUT2D eigenvalue weighted by Gasteiger charge is 2.23. The molecule has 1 N–H and O–H groups in total. The van der Waals surface area contributed by atoms with E-state index >= 15 is 0 Å². The standard InChI is InChI=1S/C20H26N5OP/c1-4-25-13-21-17-19(22-15-9-11-16(12-10-15)27(2,3)26)23-18(24-20(17)25)14-7-5-6-8-14/h9-14H,4-8H2,1-3H3,(H,22,23,24). The second kappa shape index (κ2) is 7.08. The Morgan fingerprint density at radius 2 is 1.85 bits per heavy atom. The maximum absolute atomic E-state index is 12.2. The first-order valence-electron chi connectivity index (χ1n) is 9.61. The Hall–Kier alpha value is -2.20. The zero-order valence-corrected chi connectivity index (χ0v) is 17.0. The molecule has 0 saturated heterocycles. The van der Waals surface area contributed by atoms with E-state index in [0.29, 0.717) is 5.92 Å². The van der Waals surface area contributed by atoms with E-state index < -0.39 is 7.14 Å². The monoisotopic (exact) mass is 383 g/mol. The van der Waals surface area contributed by atoms with Crippen LogP contribution in [-0.4, -0.2) is 32.8 Å². The first-order valence-corrected chi connectivity index (χ1v) is 12.2. The largest absolute Gasteiger partial charge is 0.338 e. The van der Waals surface area contributed by atoms with Gasteiger partial charge in [-0.2, -0.15) is 0 Å². The summed E-state index contributed by atoms with van der Waals surface area (Å²) in [6.07, 6.45) is 6.63. The van der Waals surface area contributed by atoms with Crippen LogP contribution in [0.1, 0.15) is 44.3 Å². The molecule has 27 heavy (non-hydrogen) atoms. The molecule has 1 saturated carbocycles. The Kier molecular flexibility index (Phi) is 4.77. The van der Waals surface area contributed by atoms with E-state index in [4.69, 9.17) is 9.97 Å². The fourth-order valence-corrected chi connectivity index (χ4v) is 4.55. The van der Waals surface area contributed by atoms with Crippen molar-refractivity contribution in [1.29, 1.82) is 0 Å². The van der Waals surface area contributed by atoms with E-state index in [1.54, 1.807) is 13.3 Å². The predicted molar refractivity (Wildman–Crippen MR) is 111 cm³/mol. The molecule has 0 atom stereocenters. The zero-order valence-electron chi connectivity index (χ0n) is 16.1. The Labute approximate surface area is 159 Å². The molecular weight excluding hydrogens is 357 g/mol. The molecule has 2 aromatic heterocycles. The maximum Gasteiger partial charge on any atom is 0.165 e. The summed E-state index contributed by atoms with van der Waals surface area (Å²) in [4.78, 5) is 14.2. The third-order valence-corrected chi connectivity index (χ3v) is 6.84. The first kappa shape index (κ1) is 18.2. The van der Waals surface area contributed by atoms with Crippen molar-refractivity contribution in [3.05, 3.63) is 36.4 Å². The molecule has 0 amide bonds. The van der Waals surface area contributed by atoms with E-state index in [1.165, 1.54) is 12.8 Å². The summed E-state index contributed by atoms with van der Waals surface area (Å²) >= 11 is 0. The van der Waals surface area contributed by atoms with Crippen LogP contribution in [0, 0.1) is 0 Å². The molecule has 6 nitrogen and oxygen atoms in total. The van der Waals surface area contributed by atoms with Crippen molar-refractivity contribution in [2.24, 2.45) is 0 Å². The van der Waals surface area contributed by atoms with Gasteiger partial charge in [0.15, 0.2) is 17.0 Å². The van der Waals surface area contributed by atoms with Crippen LogP contribution >= 0.6 is 7.14 Å². The van der Waals surface area contributed by atoms with Crippen LogP contribution in [0.4, 0.5) is 11.5 Å². The van der Waals surface area contributed by atoms with E-state index in [-0.39, 0.29) is 0 Å². The fraction of sp³-hybridized carbons (Fsp3) is 0.450. The summed E-state index contributed by atoms with van der Waals surface area (Å²) in [6, 6.07) is 7.75. The van der Waals surface area contributed by atoms with Gasteiger partial charge in [0.1, 0.15) is 13.0 Å². The van der Waals surface area contributed by atoms with Crippen LogP contribution in [0.5, 0.6) is 0 Å². The van der Waals surface area contributed by atoms with Crippen molar-refractivity contribution in [1.82, 2.24) is 19.5 Å². The van der Waals surface area contributed by atoms with Crippen LogP contribution in [0.3, 0.4) is 0 Å². The molecule has 4 rings (SSSR count). The highest BCUT2D eigenvalue weighted by Crippen LogP contribution is 2.36. The molecule has 0 unspecified atom stereocenters. The average Bonchev–Trinajstić information content (AvgIpc) is 3.31. The van der Waals surface area contributed by atoms with E-state index in [1.807, 2.05) is 30.6 Å². The van der Waals surface area contributed by atoms with Crippen molar-refractivity contribution in [2.45, 2.75) is 45.1 Å². The van der Waals surface area contributed by atoms with Crippen LogP contribution < -0.4 is 10.6 Å². The number of nitrogens with one attached hydrogen (secondary N) is 1. The summed E-state index contributed by atoms with van der Waals surface area (Å²) in [5, 5.41) is 4.29. The SMILES string of the molecule is CCn1cnc2c(Nc3ccc(P(C)(C)=O)cc3)nc(C3CCCC3)nc21. The summed E-state index contributed by atoms with van der Waals surface area (Å²) in [5.74, 6) is 2.10. The van der Waals surface area contributed by atoms with Crippen molar-refractivity contribution < 1.29 is 4.57 Å². The molecular formula is C20H26N5OP. The fourth-order valence-electron chi connectivity index (χ4n) is 3.69. The van der Waals surface area contributed by atoms with Gasteiger partial charge in [-0.25, -0.2) is 15.0 Å². The van der Waals surface area contributed by atoms with Gasteiger partial charge in [0.05, 0.1) is 6.33 Å². The summed E-state index contributed by atoms with van der Waals surface area (Å²) in [7, 11) is -2.25. The molecule has 1 aliphatic carbocycles. The number of hydrogen-bond donors (Lipinski definition) is 1. The van der Waals surface area contributed by atoms with Crippen LogP contribution in [0.25, 0.3) is 11.2 Å². The smallest absolute Gasteiger partial charge is 0.165 e. The highest BCUT2D eigenvalue weighted by molar-refractivity contribution is 7.70. The molecule has 142 valence electrons. The molecule has 2 heterocycles. The number of anilines is 2. The van der Waals surface area contributed by atoms with Gasteiger partial charge in [0.25, 0.3) is 0 Å². The average molecular weight is 383 g/mol. The number of nitrogens with zero attached hydrogens (tertiary/aromatic N) is 4. The van der Waals surface area contributed by atoms with Gasteiger partial charge in [-0.15, -0.1) is 0 Å². The lowest BCUT2D eigenvalue weighted by Gasteiger charge is -2.13. The van der Waals surface area contributed by atoms with Crippen LogP contribution in [0.2, 0.25) is 0 Å². The molecule has 1 aliphatic rings. The molecule has 0 spiro atoms. The number of aromatic nitrogens is 4. The number of benzene rings is 1. The molecule has 0 bridgehead atoms. The van der Waals surface area contributed by atoms with Gasteiger partial charge in [-0.05, 0) is 57.4 Å². The zero-order chi connectivity index (χ0) is 19.0. The van der Waals surface area contributed by atoms with Crippen LogP contribution in [0.15, 0.2) is 30.6 Å². The van der Waals surface area contributed by atoms with Gasteiger partial charge in [0.2, 0.25) is 0 Å². The lowest BCUT2D eigenvalue weighted by atomic mass is 10.1. The number of imidazole rings is 1. The molecule has 0 radical (unpaired) electrons. The molecule has 0 aliphatic heterocycles. The Balaban J connectivity index is 1.73. The second-order valence-corrected chi connectivity index (χ2v) is 10.9. The summed E-state index contributed by atoms with van der Waals surface area (Å²) in [5.41, 5.74) is 2.59. The minimum absolute atomic E-state index is 0.434. The van der Waals surface area contributed by atoms with Gasteiger partial charge in [-0.1, -0.05) is 12.8 Å². The van der Waals surface area contributed by atoms with E-state index in [9.17, 15) is 4.57 Å². The maximum atomic E-state index is 12.2. The first-order chi connectivity index (χ1) is 13.0. The van der Waals surface area contributed by atoms with Crippen molar-refractivity contribution >= 4 is 35.1 Å². The Morgan fingerprint density at radius 1 is 1.15 bits per heavy atom. The van der Waals surface area contributed by atoms with Gasteiger partial charge < -0.3 is 14.4 Å². The number of hydrogen-bond acceptors (Lipinski definition) is 5. The number of rotatable bonds is 5. The summed E-state index contributed by atoms with van der Waals surface area (Å²) < 4.78 is 14.3. The summed E-state index contributed by atoms with van der Waals surface area (Å²) in [6.45, 7) is 6.50. The lowest BCUT2D eigenvalue weighted by molar-refractivity contribution is 0.588. The van der Waals surface area contributed by atoms with Crippen molar-refractivity contribution in [3.63, 3.8) is 0 Å². The Bertz CT molecular complexity index is 999. The minimum atomic E-state index is -2.25. The Morgan fingerprint density at radius 3 is 2.48 bits per heavy atom. The number of aryl methyl sites for hydroxylation is 1. The second-order valence-electron chi connectivity index (χ2n) is 7.64. The quantitative estimate of drug-likeness (QED) is 0.657. The molecule has 3 aromatic rings. The molecule has 1 fully saturated rings. The van der Waals surface area contributed by atoms with E-state index in [0.717, 1.165) is 53.2 Å². The predicted octanol–water partition coefficient (Wildman–Crippen LogP) is 4.50. The van der Waals surface area contributed by atoms with E-state index in [2.05, 4.69) is 21.8 Å². The van der Waals surface area contributed by atoms with Gasteiger partial charge in [0, 0.05) is 23.5 Å². The van der Waals surface area contributed by atoms with Crippen molar-refractivity contribution in [2.75, 3.05) is 18.6 Å². The third kappa shape index (κ3) is 3.63. The van der Waals surface area contributed by atoms with Gasteiger partial charge in [-0.3, -0.25) is 0 Å². The number of fused-ring (bicyclic) bond motifs is 1.